The summed E-state index contributed by atoms with van der Waals surface area (Å²) in [6.07, 6.45) is 0. The summed E-state index contributed by atoms with van der Waals surface area (Å²) in [5, 5.41) is 0.953. The average molecular weight is 403 g/mol. The first kappa shape index (κ1) is 18.5. The van der Waals surface area contributed by atoms with Gasteiger partial charge in [0, 0.05) is 31.9 Å². The summed E-state index contributed by atoms with van der Waals surface area (Å²) in [5.74, 6) is -0.414. The standard InChI is InChI=1S/C17H17Cl2FN2O2S/c1-12-10-14(3-5-17(12)20)25(23,24)22-8-6-21(7-9-22)13-2-4-15(18)16(19)11-13/h2-5,10-11H,6-9H2,1H3. The van der Waals surface area contributed by atoms with Crippen molar-refractivity contribution >= 4 is 38.9 Å². The van der Waals surface area contributed by atoms with Gasteiger partial charge >= 0.3 is 0 Å². The number of rotatable bonds is 3. The topological polar surface area (TPSA) is 40.6 Å². The fraction of sp³-hybridized carbons (Fsp3) is 0.294. The van der Waals surface area contributed by atoms with Gasteiger partial charge in [0.1, 0.15) is 5.82 Å². The number of halogens is 3. The largest absolute Gasteiger partial charge is 0.369 e. The van der Waals surface area contributed by atoms with Gasteiger partial charge in [-0.2, -0.15) is 4.31 Å². The van der Waals surface area contributed by atoms with Gasteiger partial charge in [-0.3, -0.25) is 0 Å². The van der Waals surface area contributed by atoms with Gasteiger partial charge in [-0.1, -0.05) is 23.2 Å². The minimum Gasteiger partial charge on any atom is -0.369 e. The van der Waals surface area contributed by atoms with Crippen molar-refractivity contribution in [3.8, 4) is 0 Å². The predicted octanol–water partition coefficient (Wildman–Crippen LogP) is 3.95. The predicted molar refractivity (Wildman–Crippen MR) is 98.6 cm³/mol. The van der Waals surface area contributed by atoms with E-state index in [0.717, 1.165) is 5.69 Å². The Kier molecular flexibility index (Phi) is 5.25. The van der Waals surface area contributed by atoms with E-state index in [1.54, 1.807) is 19.1 Å². The third kappa shape index (κ3) is 3.77. The summed E-state index contributed by atoms with van der Waals surface area (Å²) in [6, 6.07) is 9.23. The Hall–Kier alpha value is -1.34. The highest BCUT2D eigenvalue weighted by Gasteiger charge is 2.29. The molecule has 4 nitrogen and oxygen atoms in total. The number of aryl methyl sites for hydroxylation is 1. The van der Waals surface area contributed by atoms with Crippen LogP contribution in [0.1, 0.15) is 5.56 Å². The number of anilines is 1. The van der Waals surface area contributed by atoms with Crippen molar-refractivity contribution in [2.75, 3.05) is 31.1 Å². The first-order chi connectivity index (χ1) is 11.8. The Morgan fingerprint density at radius 3 is 2.24 bits per heavy atom. The second-order valence-corrected chi connectivity index (χ2v) is 8.65. The lowest BCUT2D eigenvalue weighted by Crippen LogP contribution is -2.48. The van der Waals surface area contributed by atoms with Gasteiger partial charge in [-0.05, 0) is 48.9 Å². The molecule has 0 bridgehead atoms. The normalized spacial score (nSPS) is 16.2. The van der Waals surface area contributed by atoms with E-state index in [-0.39, 0.29) is 4.90 Å². The second-order valence-electron chi connectivity index (χ2n) is 5.90. The molecule has 0 atom stereocenters. The highest BCUT2D eigenvalue weighted by Crippen LogP contribution is 2.28. The zero-order valence-electron chi connectivity index (χ0n) is 13.5. The fourth-order valence-electron chi connectivity index (χ4n) is 2.80. The van der Waals surface area contributed by atoms with Crippen LogP contribution in [0.2, 0.25) is 10.0 Å². The van der Waals surface area contributed by atoms with Crippen LogP contribution in [0.25, 0.3) is 0 Å². The lowest BCUT2D eigenvalue weighted by atomic mass is 10.2. The maximum Gasteiger partial charge on any atom is 0.243 e. The van der Waals surface area contributed by atoms with Gasteiger partial charge in [0.25, 0.3) is 0 Å². The van der Waals surface area contributed by atoms with Crippen LogP contribution in [0.3, 0.4) is 0 Å². The molecular weight excluding hydrogens is 386 g/mol. The van der Waals surface area contributed by atoms with Crippen LogP contribution in [0, 0.1) is 12.7 Å². The number of benzene rings is 2. The fourth-order valence-corrected chi connectivity index (χ4v) is 4.60. The SMILES string of the molecule is Cc1cc(S(=O)(=O)N2CCN(c3ccc(Cl)c(Cl)c3)CC2)ccc1F. The van der Waals surface area contributed by atoms with E-state index in [4.69, 9.17) is 23.2 Å². The zero-order chi connectivity index (χ0) is 18.2. The van der Waals surface area contributed by atoms with E-state index in [1.165, 1.54) is 22.5 Å². The van der Waals surface area contributed by atoms with Gasteiger partial charge in [0.05, 0.1) is 14.9 Å². The number of hydrogen-bond donors (Lipinski definition) is 0. The second kappa shape index (κ2) is 7.11. The van der Waals surface area contributed by atoms with E-state index < -0.39 is 15.8 Å². The third-order valence-corrected chi connectivity index (χ3v) is 6.91. The molecule has 134 valence electrons. The summed E-state index contributed by atoms with van der Waals surface area (Å²) in [7, 11) is -3.63. The molecule has 25 heavy (non-hydrogen) atoms. The van der Waals surface area contributed by atoms with Crippen molar-refractivity contribution in [1.29, 1.82) is 0 Å². The van der Waals surface area contributed by atoms with Crippen molar-refractivity contribution in [1.82, 2.24) is 4.31 Å². The number of hydrogen-bond acceptors (Lipinski definition) is 3. The van der Waals surface area contributed by atoms with E-state index >= 15 is 0 Å². The van der Waals surface area contributed by atoms with Crippen LogP contribution < -0.4 is 4.90 Å². The quantitative estimate of drug-likeness (QED) is 0.779. The van der Waals surface area contributed by atoms with Crippen molar-refractivity contribution in [2.45, 2.75) is 11.8 Å². The minimum atomic E-state index is -3.63. The molecular formula is C17H17Cl2FN2O2S. The van der Waals surface area contributed by atoms with E-state index in [9.17, 15) is 12.8 Å². The molecule has 0 unspecified atom stereocenters. The molecule has 3 rings (SSSR count). The summed E-state index contributed by atoms with van der Waals surface area (Å²) in [6.45, 7) is 3.32. The highest BCUT2D eigenvalue weighted by atomic mass is 35.5. The Balaban J connectivity index is 1.74. The van der Waals surface area contributed by atoms with Gasteiger partial charge in [0.2, 0.25) is 10.0 Å². The molecule has 0 saturated carbocycles. The van der Waals surface area contributed by atoms with Gasteiger partial charge in [0.15, 0.2) is 0 Å². The third-order valence-electron chi connectivity index (χ3n) is 4.27. The van der Waals surface area contributed by atoms with Crippen LogP contribution in [0.5, 0.6) is 0 Å². The van der Waals surface area contributed by atoms with Gasteiger partial charge in [-0.15, -0.1) is 0 Å². The Labute approximate surface area is 156 Å². The van der Waals surface area contributed by atoms with Gasteiger partial charge in [-0.25, -0.2) is 12.8 Å². The Bertz CT molecular complexity index is 898. The molecule has 0 aromatic heterocycles. The minimum absolute atomic E-state index is 0.120. The van der Waals surface area contributed by atoms with Crippen molar-refractivity contribution in [2.24, 2.45) is 0 Å². The molecule has 1 aliphatic heterocycles. The van der Waals surface area contributed by atoms with Crippen molar-refractivity contribution in [3.63, 3.8) is 0 Å². The molecule has 1 aliphatic rings. The van der Waals surface area contributed by atoms with Crippen molar-refractivity contribution < 1.29 is 12.8 Å². The number of sulfonamides is 1. The summed E-state index contributed by atoms with van der Waals surface area (Å²) >= 11 is 12.0. The molecule has 2 aromatic carbocycles. The number of piperazine rings is 1. The molecule has 2 aromatic rings. The maximum absolute atomic E-state index is 13.4. The lowest BCUT2D eigenvalue weighted by Gasteiger charge is -2.35. The average Bonchev–Trinajstić information content (AvgIpc) is 2.60. The Morgan fingerprint density at radius 1 is 0.960 bits per heavy atom. The summed E-state index contributed by atoms with van der Waals surface area (Å²) < 4.78 is 40.3. The van der Waals surface area contributed by atoms with Crippen molar-refractivity contribution in [3.05, 3.63) is 57.8 Å². The first-order valence-electron chi connectivity index (χ1n) is 7.75. The summed E-state index contributed by atoms with van der Waals surface area (Å²) in [4.78, 5) is 2.18. The van der Waals surface area contributed by atoms with Crippen LogP contribution >= 0.6 is 23.2 Å². The molecule has 0 radical (unpaired) electrons. The molecule has 0 spiro atoms. The van der Waals surface area contributed by atoms with Crippen LogP contribution in [-0.2, 0) is 10.0 Å². The Morgan fingerprint density at radius 2 is 1.64 bits per heavy atom. The molecule has 1 heterocycles. The summed E-state index contributed by atoms with van der Waals surface area (Å²) in [5.41, 5.74) is 1.22. The molecule has 1 fully saturated rings. The van der Waals surface area contributed by atoms with E-state index in [2.05, 4.69) is 4.90 Å². The van der Waals surface area contributed by atoms with Crippen LogP contribution in [-0.4, -0.2) is 38.9 Å². The molecule has 0 aliphatic carbocycles. The van der Waals surface area contributed by atoms with Crippen LogP contribution in [0.15, 0.2) is 41.3 Å². The molecule has 8 heteroatoms. The highest BCUT2D eigenvalue weighted by molar-refractivity contribution is 7.89. The van der Waals surface area contributed by atoms with E-state index in [0.29, 0.717) is 41.8 Å². The zero-order valence-corrected chi connectivity index (χ0v) is 15.9. The lowest BCUT2D eigenvalue weighted by molar-refractivity contribution is 0.385. The molecule has 0 N–H and O–H groups in total. The monoisotopic (exact) mass is 402 g/mol. The maximum atomic E-state index is 13.4. The first-order valence-corrected chi connectivity index (χ1v) is 9.95. The molecule has 0 amide bonds. The smallest absolute Gasteiger partial charge is 0.243 e. The molecule has 1 saturated heterocycles. The van der Waals surface area contributed by atoms with E-state index in [1.807, 2.05) is 6.07 Å². The van der Waals surface area contributed by atoms with Crippen LogP contribution in [0.4, 0.5) is 10.1 Å². The van der Waals surface area contributed by atoms with Gasteiger partial charge < -0.3 is 4.90 Å². The number of nitrogens with zero attached hydrogens (tertiary/aromatic N) is 2.